The third-order valence-corrected chi connectivity index (χ3v) is 9.02. The van der Waals surface area contributed by atoms with Crippen molar-refractivity contribution in [2.45, 2.75) is 83.7 Å². The van der Waals surface area contributed by atoms with Gasteiger partial charge in [-0.05, 0) is 134 Å². The van der Waals surface area contributed by atoms with Gasteiger partial charge in [0.1, 0.15) is 11.5 Å². The molecule has 0 bridgehead atoms. The van der Waals surface area contributed by atoms with Crippen LogP contribution in [-0.2, 0) is 6.42 Å². The van der Waals surface area contributed by atoms with Crippen molar-refractivity contribution >= 4 is 22.7 Å². The van der Waals surface area contributed by atoms with Crippen LogP contribution in [0, 0.1) is 12.8 Å². The Bertz CT molecular complexity index is 1290. The number of rotatable bonds is 9. The monoisotopic (exact) mass is 546 g/mol. The lowest BCUT2D eigenvalue weighted by atomic mass is 9.84. The Morgan fingerprint density at radius 2 is 1.69 bits per heavy atom. The molecule has 1 N–H and O–H groups in total. The summed E-state index contributed by atoms with van der Waals surface area (Å²) in [6, 6.07) is 20.5. The fraction of sp³-hybridized carbons (Fsp3) is 0.429. The molecular weight excluding hydrogens is 507 g/mol. The molecule has 0 amide bonds. The Hall–Kier alpha value is -2.78. The molecule has 5 rings (SSSR count). The number of ether oxygens (including phenoxy) is 1. The minimum Gasteiger partial charge on any atom is -0.508 e. The van der Waals surface area contributed by atoms with Crippen LogP contribution in [0.5, 0.6) is 11.5 Å². The first kappa shape index (κ1) is 27.8. The number of allylic oxidation sites excluding steroid dienone is 1. The number of phenols is 1. The van der Waals surface area contributed by atoms with Crippen molar-refractivity contribution in [3.8, 4) is 11.5 Å². The zero-order valence-corrected chi connectivity index (χ0v) is 23.8. The molecular formula is C35H40ClFO2. The van der Waals surface area contributed by atoms with Crippen molar-refractivity contribution in [2.75, 3.05) is 6.67 Å². The van der Waals surface area contributed by atoms with Crippen LogP contribution in [0.15, 0.2) is 60.7 Å². The quantitative estimate of drug-likeness (QED) is 0.270. The zero-order chi connectivity index (χ0) is 27.2. The number of hydrogen-bond acceptors (Lipinski definition) is 2. The predicted octanol–water partition coefficient (Wildman–Crippen LogP) is 10.1. The highest BCUT2D eigenvalue weighted by Crippen LogP contribution is 2.42. The van der Waals surface area contributed by atoms with Crippen LogP contribution in [0.3, 0.4) is 0 Å². The number of aryl methyl sites for hydroxylation is 1. The molecule has 4 heteroatoms. The molecule has 1 fully saturated rings. The summed E-state index contributed by atoms with van der Waals surface area (Å²) in [5, 5.41) is 11.0. The molecule has 0 spiro atoms. The summed E-state index contributed by atoms with van der Waals surface area (Å²) in [7, 11) is 0. The van der Waals surface area contributed by atoms with Gasteiger partial charge in [-0.15, -0.1) is 0 Å². The van der Waals surface area contributed by atoms with Gasteiger partial charge in [-0.1, -0.05) is 61.2 Å². The molecule has 3 aromatic carbocycles. The van der Waals surface area contributed by atoms with E-state index in [1.807, 2.05) is 18.2 Å². The van der Waals surface area contributed by atoms with E-state index in [0.29, 0.717) is 12.2 Å². The van der Waals surface area contributed by atoms with Crippen LogP contribution in [-0.4, -0.2) is 17.9 Å². The maximum absolute atomic E-state index is 12.3. The second kappa shape index (κ2) is 13.0. The molecule has 0 aliphatic heterocycles. The number of phenolic OH excluding ortho intramolecular Hbond substituents is 1. The van der Waals surface area contributed by atoms with Crippen molar-refractivity contribution in [3.63, 3.8) is 0 Å². The SMILES string of the molecule is Cc1c(Cl)cccc1C1=C(c2ccc(OC3CCC(CCCCCF)CC3)cc2)c2ccc(O)cc2CCC1. The maximum Gasteiger partial charge on any atom is 0.119 e. The normalized spacial score (nSPS) is 19.5. The lowest BCUT2D eigenvalue weighted by molar-refractivity contribution is 0.127. The van der Waals surface area contributed by atoms with Crippen LogP contribution in [0.1, 0.15) is 92.0 Å². The second-order valence-corrected chi connectivity index (χ2v) is 11.7. The van der Waals surface area contributed by atoms with Gasteiger partial charge in [-0.3, -0.25) is 4.39 Å². The molecule has 2 aliphatic carbocycles. The lowest BCUT2D eigenvalue weighted by Crippen LogP contribution is -2.24. The van der Waals surface area contributed by atoms with E-state index in [2.05, 4.69) is 43.3 Å². The molecule has 0 aromatic heterocycles. The summed E-state index contributed by atoms with van der Waals surface area (Å²) in [6.45, 7) is 1.91. The first-order chi connectivity index (χ1) is 19.0. The minimum absolute atomic E-state index is 0.186. The van der Waals surface area contributed by atoms with Crippen LogP contribution in [0.2, 0.25) is 5.02 Å². The van der Waals surface area contributed by atoms with Crippen LogP contribution < -0.4 is 4.74 Å². The van der Waals surface area contributed by atoms with Crippen molar-refractivity contribution in [2.24, 2.45) is 5.92 Å². The fourth-order valence-electron chi connectivity index (χ4n) is 6.44. The van der Waals surface area contributed by atoms with E-state index < -0.39 is 0 Å². The minimum atomic E-state index is -0.186. The Morgan fingerprint density at radius 3 is 2.46 bits per heavy atom. The Labute approximate surface area is 237 Å². The number of aromatic hydroxyl groups is 1. The molecule has 0 unspecified atom stereocenters. The van der Waals surface area contributed by atoms with E-state index in [1.165, 1.54) is 47.1 Å². The number of alkyl halides is 1. The van der Waals surface area contributed by atoms with Gasteiger partial charge in [-0.25, -0.2) is 0 Å². The molecule has 0 atom stereocenters. The predicted molar refractivity (Wildman–Crippen MR) is 160 cm³/mol. The average molecular weight is 547 g/mol. The smallest absolute Gasteiger partial charge is 0.119 e. The zero-order valence-electron chi connectivity index (χ0n) is 23.0. The number of halogens is 2. The topological polar surface area (TPSA) is 29.5 Å². The molecule has 0 heterocycles. The van der Waals surface area contributed by atoms with E-state index in [9.17, 15) is 9.50 Å². The molecule has 1 saturated carbocycles. The summed E-state index contributed by atoms with van der Waals surface area (Å²) in [6.07, 6.45) is 11.8. The number of fused-ring (bicyclic) bond motifs is 1. The van der Waals surface area contributed by atoms with Crippen molar-refractivity contribution in [1.29, 1.82) is 0 Å². The first-order valence-electron chi connectivity index (χ1n) is 14.7. The summed E-state index contributed by atoms with van der Waals surface area (Å²) in [4.78, 5) is 0. The molecule has 2 aliphatic rings. The fourth-order valence-corrected chi connectivity index (χ4v) is 6.62. The standard InChI is InChI=1S/C35H40ClFO2/c1-24-31(9-6-11-34(24)36)33-10-5-8-27-23-28(38)16-21-32(27)35(33)26-14-19-30(20-15-26)39-29-17-12-25(13-18-29)7-3-2-4-22-37/h6,9,11,14-16,19-21,23,25,29,38H,2-5,7-8,10,12-13,17-18,22H2,1H3. The molecule has 3 aromatic rings. The van der Waals surface area contributed by atoms with Crippen LogP contribution in [0.4, 0.5) is 4.39 Å². The van der Waals surface area contributed by atoms with Gasteiger partial charge < -0.3 is 9.84 Å². The van der Waals surface area contributed by atoms with E-state index in [0.717, 1.165) is 72.8 Å². The van der Waals surface area contributed by atoms with Crippen molar-refractivity contribution in [1.82, 2.24) is 0 Å². The van der Waals surface area contributed by atoms with Gasteiger partial charge >= 0.3 is 0 Å². The summed E-state index contributed by atoms with van der Waals surface area (Å²) in [5.41, 5.74) is 8.33. The highest BCUT2D eigenvalue weighted by molar-refractivity contribution is 6.31. The summed E-state index contributed by atoms with van der Waals surface area (Å²) in [5.74, 6) is 2.00. The van der Waals surface area contributed by atoms with E-state index in [-0.39, 0.29) is 12.8 Å². The van der Waals surface area contributed by atoms with E-state index in [1.54, 1.807) is 6.07 Å². The van der Waals surface area contributed by atoms with Gasteiger partial charge in [0, 0.05) is 5.02 Å². The van der Waals surface area contributed by atoms with Crippen LogP contribution >= 0.6 is 11.6 Å². The molecule has 2 nitrogen and oxygen atoms in total. The highest BCUT2D eigenvalue weighted by atomic mass is 35.5. The van der Waals surface area contributed by atoms with Gasteiger partial charge in [0.2, 0.25) is 0 Å². The first-order valence-corrected chi connectivity index (χ1v) is 15.0. The van der Waals surface area contributed by atoms with Crippen LogP contribution in [0.25, 0.3) is 11.1 Å². The Balaban J connectivity index is 1.37. The molecule has 0 radical (unpaired) electrons. The van der Waals surface area contributed by atoms with Gasteiger partial charge in [0.25, 0.3) is 0 Å². The summed E-state index contributed by atoms with van der Waals surface area (Å²) < 4.78 is 18.8. The van der Waals surface area contributed by atoms with Crippen molar-refractivity contribution in [3.05, 3.63) is 93.5 Å². The third kappa shape index (κ3) is 6.69. The molecule has 206 valence electrons. The van der Waals surface area contributed by atoms with Gasteiger partial charge in [-0.2, -0.15) is 0 Å². The molecule has 0 saturated heterocycles. The van der Waals surface area contributed by atoms with Gasteiger partial charge in [0.15, 0.2) is 0 Å². The number of hydrogen-bond donors (Lipinski definition) is 1. The highest BCUT2D eigenvalue weighted by Gasteiger charge is 2.24. The average Bonchev–Trinajstić information content (AvgIpc) is 3.13. The maximum atomic E-state index is 12.3. The van der Waals surface area contributed by atoms with E-state index >= 15 is 0 Å². The number of unbranched alkanes of at least 4 members (excludes halogenated alkanes) is 2. The molecule has 39 heavy (non-hydrogen) atoms. The number of benzene rings is 3. The largest absolute Gasteiger partial charge is 0.508 e. The van der Waals surface area contributed by atoms with Gasteiger partial charge in [0.05, 0.1) is 12.8 Å². The Morgan fingerprint density at radius 1 is 0.897 bits per heavy atom. The van der Waals surface area contributed by atoms with E-state index in [4.69, 9.17) is 16.3 Å². The lowest BCUT2D eigenvalue weighted by Gasteiger charge is -2.29. The second-order valence-electron chi connectivity index (χ2n) is 11.3. The Kier molecular flexibility index (Phi) is 9.29. The third-order valence-electron chi connectivity index (χ3n) is 8.61. The summed E-state index contributed by atoms with van der Waals surface area (Å²) >= 11 is 6.56. The van der Waals surface area contributed by atoms with Crippen molar-refractivity contribution < 1.29 is 14.2 Å².